The Morgan fingerprint density at radius 1 is 1.00 bits per heavy atom. The van der Waals surface area contributed by atoms with Gasteiger partial charge in [-0.2, -0.15) is 0 Å². The van der Waals surface area contributed by atoms with Crippen LogP contribution in [-0.2, 0) is 23.0 Å². The number of methoxy groups -OCH3 is 1. The number of carbonyl (C=O) groups is 2. The third-order valence-corrected chi connectivity index (χ3v) is 7.11. The molecule has 5 rings (SSSR count). The summed E-state index contributed by atoms with van der Waals surface area (Å²) in [6.07, 6.45) is 2.93. The number of hydrogen-bond donors (Lipinski definition) is 1. The van der Waals surface area contributed by atoms with Crippen LogP contribution in [-0.4, -0.2) is 41.5 Å². The lowest BCUT2D eigenvalue weighted by atomic mass is 9.79. The van der Waals surface area contributed by atoms with Crippen LogP contribution in [0.1, 0.15) is 45.9 Å². The van der Waals surface area contributed by atoms with E-state index < -0.39 is 12.0 Å². The summed E-state index contributed by atoms with van der Waals surface area (Å²) in [4.78, 5) is 29.7. The normalized spacial score (nSPS) is 17.3. The molecule has 0 saturated heterocycles. The van der Waals surface area contributed by atoms with Crippen molar-refractivity contribution in [3.05, 3.63) is 101 Å². The van der Waals surface area contributed by atoms with E-state index in [0.29, 0.717) is 18.7 Å². The molecule has 3 aromatic carbocycles. The molecule has 0 radical (unpaired) electrons. The van der Waals surface area contributed by atoms with E-state index in [4.69, 9.17) is 4.74 Å². The lowest BCUT2D eigenvalue weighted by Gasteiger charge is -2.41. The topological polar surface area (TPSA) is 63.6 Å². The molecular formula is C30H31N3O3. The summed E-state index contributed by atoms with van der Waals surface area (Å²) < 4.78 is 7.43. The molecule has 0 bridgehead atoms. The van der Waals surface area contributed by atoms with Crippen LogP contribution in [0.2, 0.25) is 0 Å². The lowest BCUT2D eigenvalue weighted by molar-refractivity contribution is -0.119. The number of amides is 2. The first kappa shape index (κ1) is 23.8. The number of ether oxygens (including phenoxy) is 1. The van der Waals surface area contributed by atoms with Crippen LogP contribution < -0.4 is 5.32 Å². The summed E-state index contributed by atoms with van der Waals surface area (Å²) in [6, 6.07) is 23.0. The number of aryl methyl sites for hydroxylation is 2. The minimum Gasteiger partial charge on any atom is -0.383 e. The third kappa shape index (κ3) is 4.18. The number of nitrogens with zero attached hydrogens (tertiary/aromatic N) is 2. The number of carbonyl (C=O) groups excluding carboxylic acids is 2. The van der Waals surface area contributed by atoms with Gasteiger partial charge in [-0.05, 0) is 41.8 Å². The SMILES string of the molecule is CCc1cccc(NC(=O)[C@H]2c3ccccc3C(=O)N(CCOC)[C@H]2c2cn(C)c3ccccc23)c1. The first-order valence-corrected chi connectivity index (χ1v) is 12.4. The predicted octanol–water partition coefficient (Wildman–Crippen LogP) is 5.31. The highest BCUT2D eigenvalue weighted by atomic mass is 16.5. The van der Waals surface area contributed by atoms with Crippen molar-refractivity contribution in [2.75, 3.05) is 25.6 Å². The Bertz CT molecular complexity index is 1420. The molecule has 36 heavy (non-hydrogen) atoms. The van der Waals surface area contributed by atoms with Gasteiger partial charge in [-0.15, -0.1) is 0 Å². The van der Waals surface area contributed by atoms with Crippen molar-refractivity contribution >= 4 is 28.4 Å². The van der Waals surface area contributed by atoms with Crippen LogP contribution in [0.4, 0.5) is 5.69 Å². The monoisotopic (exact) mass is 481 g/mol. The summed E-state index contributed by atoms with van der Waals surface area (Å²) in [7, 11) is 3.62. The Morgan fingerprint density at radius 3 is 2.58 bits per heavy atom. The molecule has 1 aliphatic heterocycles. The van der Waals surface area contributed by atoms with Crippen LogP contribution in [0.25, 0.3) is 10.9 Å². The average molecular weight is 482 g/mol. The number of para-hydroxylation sites is 1. The Balaban J connectivity index is 1.68. The van der Waals surface area contributed by atoms with Crippen molar-refractivity contribution in [3.8, 4) is 0 Å². The summed E-state index contributed by atoms with van der Waals surface area (Å²) in [5.41, 5.74) is 5.23. The summed E-state index contributed by atoms with van der Waals surface area (Å²) in [6.45, 7) is 2.85. The number of anilines is 1. The van der Waals surface area contributed by atoms with Gasteiger partial charge in [0, 0.05) is 54.6 Å². The van der Waals surface area contributed by atoms with E-state index in [-0.39, 0.29) is 11.8 Å². The van der Waals surface area contributed by atoms with Crippen molar-refractivity contribution in [2.45, 2.75) is 25.3 Å². The number of rotatable bonds is 7. The largest absolute Gasteiger partial charge is 0.383 e. The number of fused-ring (bicyclic) bond motifs is 2. The number of nitrogens with one attached hydrogen (secondary N) is 1. The molecule has 2 heterocycles. The van der Waals surface area contributed by atoms with Gasteiger partial charge in [0.1, 0.15) is 0 Å². The zero-order valence-corrected chi connectivity index (χ0v) is 20.9. The molecule has 1 aliphatic rings. The zero-order valence-electron chi connectivity index (χ0n) is 20.9. The molecule has 0 aliphatic carbocycles. The maximum atomic E-state index is 14.1. The highest BCUT2D eigenvalue weighted by molar-refractivity contribution is 6.05. The Labute approximate surface area is 211 Å². The number of hydrogen-bond acceptors (Lipinski definition) is 3. The van der Waals surface area contributed by atoms with E-state index in [0.717, 1.165) is 39.7 Å². The van der Waals surface area contributed by atoms with E-state index in [1.807, 2.05) is 67.8 Å². The highest BCUT2D eigenvalue weighted by Crippen LogP contribution is 2.45. The van der Waals surface area contributed by atoms with Crippen LogP contribution in [0.5, 0.6) is 0 Å². The van der Waals surface area contributed by atoms with Crippen molar-refractivity contribution in [3.63, 3.8) is 0 Å². The minimum atomic E-state index is -0.591. The van der Waals surface area contributed by atoms with Gasteiger partial charge >= 0.3 is 0 Å². The fourth-order valence-electron chi connectivity index (χ4n) is 5.35. The first-order valence-electron chi connectivity index (χ1n) is 12.4. The molecule has 1 N–H and O–H groups in total. The maximum absolute atomic E-state index is 14.1. The van der Waals surface area contributed by atoms with Crippen molar-refractivity contribution in [1.82, 2.24) is 9.47 Å². The highest BCUT2D eigenvalue weighted by Gasteiger charge is 2.45. The van der Waals surface area contributed by atoms with E-state index in [9.17, 15) is 9.59 Å². The van der Waals surface area contributed by atoms with Gasteiger partial charge < -0.3 is 19.5 Å². The summed E-state index contributed by atoms with van der Waals surface area (Å²) in [5, 5.41) is 4.19. The second-order valence-electron chi connectivity index (χ2n) is 9.26. The second kappa shape index (κ2) is 9.99. The second-order valence-corrected chi connectivity index (χ2v) is 9.26. The quantitative estimate of drug-likeness (QED) is 0.389. The molecule has 184 valence electrons. The molecule has 1 aromatic heterocycles. The molecule has 4 aromatic rings. The number of benzene rings is 3. The van der Waals surface area contributed by atoms with E-state index in [1.165, 1.54) is 0 Å². The van der Waals surface area contributed by atoms with Gasteiger partial charge in [-0.25, -0.2) is 0 Å². The van der Waals surface area contributed by atoms with Crippen LogP contribution >= 0.6 is 0 Å². The van der Waals surface area contributed by atoms with Gasteiger partial charge in [0.2, 0.25) is 5.91 Å². The molecular weight excluding hydrogens is 450 g/mol. The average Bonchev–Trinajstić information content (AvgIpc) is 3.24. The third-order valence-electron chi connectivity index (χ3n) is 7.11. The smallest absolute Gasteiger partial charge is 0.254 e. The van der Waals surface area contributed by atoms with Crippen LogP contribution in [0.3, 0.4) is 0 Å². The minimum absolute atomic E-state index is 0.0855. The van der Waals surface area contributed by atoms with Crippen molar-refractivity contribution in [1.29, 1.82) is 0 Å². The van der Waals surface area contributed by atoms with E-state index >= 15 is 0 Å². The summed E-state index contributed by atoms with van der Waals surface area (Å²) in [5.74, 6) is -0.812. The molecule has 6 nitrogen and oxygen atoms in total. The van der Waals surface area contributed by atoms with Gasteiger partial charge in [-0.1, -0.05) is 55.5 Å². The molecule has 0 unspecified atom stereocenters. The molecule has 2 atom stereocenters. The van der Waals surface area contributed by atoms with Gasteiger partial charge in [-0.3, -0.25) is 9.59 Å². The molecule has 0 fully saturated rings. The Kier molecular flexibility index (Phi) is 6.61. The molecule has 2 amide bonds. The standard InChI is InChI=1S/C30H31N3O3/c1-4-20-10-9-11-21(18-20)31-29(34)27-23-13-5-6-14-24(23)30(35)33(16-17-36-3)28(27)25-19-32(2)26-15-8-7-12-22(25)26/h5-15,18-19,27-28H,4,16-17H2,1-3H3,(H,31,34)/t27-,28-/m0/s1. The van der Waals surface area contributed by atoms with Crippen LogP contribution in [0, 0.1) is 0 Å². The van der Waals surface area contributed by atoms with Gasteiger partial charge in [0.15, 0.2) is 0 Å². The Hall–Kier alpha value is -3.90. The van der Waals surface area contributed by atoms with Crippen LogP contribution in [0.15, 0.2) is 79.0 Å². The van der Waals surface area contributed by atoms with E-state index in [1.54, 1.807) is 12.0 Å². The maximum Gasteiger partial charge on any atom is 0.254 e. The fraction of sp³-hybridized carbons (Fsp3) is 0.267. The molecule has 0 saturated carbocycles. The van der Waals surface area contributed by atoms with Crippen molar-refractivity contribution < 1.29 is 14.3 Å². The van der Waals surface area contributed by atoms with Gasteiger partial charge in [0.25, 0.3) is 5.91 Å². The van der Waals surface area contributed by atoms with E-state index in [2.05, 4.69) is 35.0 Å². The van der Waals surface area contributed by atoms with Crippen molar-refractivity contribution in [2.24, 2.45) is 7.05 Å². The Morgan fingerprint density at radius 2 is 1.78 bits per heavy atom. The summed E-state index contributed by atoms with van der Waals surface area (Å²) >= 11 is 0. The number of aromatic nitrogens is 1. The molecule has 0 spiro atoms. The fourth-order valence-corrected chi connectivity index (χ4v) is 5.35. The van der Waals surface area contributed by atoms with Gasteiger partial charge in [0.05, 0.1) is 18.6 Å². The lowest BCUT2D eigenvalue weighted by Crippen LogP contribution is -2.47. The first-order chi connectivity index (χ1) is 17.5. The molecule has 6 heteroatoms. The zero-order chi connectivity index (χ0) is 25.2. The predicted molar refractivity (Wildman–Crippen MR) is 142 cm³/mol.